The smallest absolute Gasteiger partial charge is 0.322 e. The summed E-state index contributed by atoms with van der Waals surface area (Å²) >= 11 is 4.21. The van der Waals surface area contributed by atoms with Gasteiger partial charge in [0.25, 0.3) is 0 Å². The fourth-order valence-electron chi connectivity index (χ4n) is 2.82. The zero-order valence-electron chi connectivity index (χ0n) is 10.7. The second-order valence-electron chi connectivity index (χ2n) is 5.57. The van der Waals surface area contributed by atoms with Crippen molar-refractivity contribution in [1.29, 1.82) is 0 Å². The van der Waals surface area contributed by atoms with Crippen LogP contribution in [0.5, 0.6) is 0 Å². The molecule has 2 unspecified atom stereocenters. The third kappa shape index (κ3) is 3.54. The number of ether oxygens (including phenoxy) is 1. The first-order valence-corrected chi connectivity index (χ1v) is 8.84. The molecule has 2 aliphatic carbocycles. The van der Waals surface area contributed by atoms with Crippen molar-refractivity contribution >= 4 is 57.1 Å². The molecule has 0 bridgehead atoms. The summed E-state index contributed by atoms with van der Waals surface area (Å²) in [6, 6.07) is 0. The molecule has 0 heterocycles. The van der Waals surface area contributed by atoms with Gasteiger partial charge in [-0.25, -0.2) is 0 Å². The molecule has 2 rings (SSSR count). The van der Waals surface area contributed by atoms with Gasteiger partial charge in [-0.05, 0) is 25.7 Å². The summed E-state index contributed by atoms with van der Waals surface area (Å²) in [5, 5.41) is 9.17. The minimum Gasteiger partial charge on any atom is -0.480 e. The number of esters is 1. The molecule has 0 radical (unpaired) electrons. The van der Waals surface area contributed by atoms with E-state index in [2.05, 4.69) is 22.6 Å². The van der Waals surface area contributed by atoms with E-state index < -0.39 is 9.39 Å². The predicted molar refractivity (Wildman–Crippen MR) is 88.0 cm³/mol. The van der Waals surface area contributed by atoms with Crippen molar-refractivity contribution in [3.63, 3.8) is 0 Å². The molecular weight excluding hydrogens is 474 g/mol. The van der Waals surface area contributed by atoms with E-state index in [9.17, 15) is 14.7 Å². The number of carbonyl (C=O) groups is 2. The minimum absolute atomic E-state index is 0.135. The Balaban J connectivity index is 1.92. The fourth-order valence-corrected chi connectivity index (χ4v) is 4.52. The molecule has 0 saturated heterocycles. The molecular formula is C13H18I2O4. The lowest BCUT2D eigenvalue weighted by molar-refractivity contribution is -0.152. The van der Waals surface area contributed by atoms with Gasteiger partial charge < -0.3 is 9.84 Å². The Morgan fingerprint density at radius 1 is 1.05 bits per heavy atom. The number of carboxylic acids is 1. The molecule has 108 valence electrons. The lowest BCUT2D eigenvalue weighted by Crippen LogP contribution is -2.38. The van der Waals surface area contributed by atoms with E-state index in [0.717, 1.165) is 25.7 Å². The first kappa shape index (κ1) is 15.8. The summed E-state index contributed by atoms with van der Waals surface area (Å²) in [6.45, 7) is 0. The first-order valence-electron chi connectivity index (χ1n) is 6.68. The van der Waals surface area contributed by atoms with E-state index in [1.165, 1.54) is 6.42 Å². The summed E-state index contributed by atoms with van der Waals surface area (Å²) in [4.78, 5) is 23.4. The van der Waals surface area contributed by atoms with Crippen LogP contribution in [0.2, 0.25) is 0 Å². The van der Waals surface area contributed by atoms with Crippen molar-refractivity contribution in [2.45, 2.75) is 64.3 Å². The van der Waals surface area contributed by atoms with Gasteiger partial charge in [0.1, 0.15) is 12.9 Å². The highest BCUT2D eigenvalue weighted by Gasteiger charge is 2.47. The van der Waals surface area contributed by atoms with Crippen LogP contribution in [0.1, 0.15) is 51.4 Å². The maximum Gasteiger partial charge on any atom is 0.322 e. The number of halogens is 2. The lowest BCUT2D eigenvalue weighted by atomic mass is 9.89. The monoisotopic (exact) mass is 492 g/mol. The molecule has 1 N–H and O–H groups in total. The largest absolute Gasteiger partial charge is 0.480 e. The number of hydrogen-bond acceptors (Lipinski definition) is 3. The highest BCUT2D eigenvalue weighted by molar-refractivity contribution is 14.1. The Hall–Kier alpha value is 0.400. The van der Waals surface area contributed by atoms with Crippen molar-refractivity contribution in [3.05, 3.63) is 0 Å². The quantitative estimate of drug-likeness (QED) is 0.373. The molecule has 19 heavy (non-hydrogen) atoms. The van der Waals surface area contributed by atoms with Gasteiger partial charge in [-0.15, -0.1) is 0 Å². The third-order valence-electron chi connectivity index (χ3n) is 4.08. The Labute approximate surface area is 140 Å². The molecule has 2 saturated carbocycles. The maximum absolute atomic E-state index is 12.3. The predicted octanol–water partition coefficient (Wildman–Crippen LogP) is 3.48. The number of carboxylic acid groups (broad SMARTS) is 1. The van der Waals surface area contributed by atoms with Crippen molar-refractivity contribution in [1.82, 2.24) is 0 Å². The third-order valence-corrected chi connectivity index (χ3v) is 7.04. The van der Waals surface area contributed by atoms with Gasteiger partial charge in [-0.2, -0.15) is 0 Å². The molecule has 0 amide bonds. The van der Waals surface area contributed by atoms with Crippen LogP contribution in [0.4, 0.5) is 0 Å². The van der Waals surface area contributed by atoms with Crippen LogP contribution in [0.3, 0.4) is 0 Å². The van der Waals surface area contributed by atoms with Crippen LogP contribution < -0.4 is 0 Å². The topological polar surface area (TPSA) is 63.6 Å². The maximum atomic E-state index is 12.3. The lowest BCUT2D eigenvalue weighted by Gasteiger charge is -2.30. The molecule has 2 fully saturated rings. The van der Waals surface area contributed by atoms with Crippen molar-refractivity contribution < 1.29 is 19.4 Å². The van der Waals surface area contributed by atoms with Gasteiger partial charge >= 0.3 is 11.9 Å². The van der Waals surface area contributed by atoms with E-state index in [4.69, 9.17) is 4.74 Å². The van der Waals surface area contributed by atoms with Crippen LogP contribution in [-0.4, -0.2) is 30.0 Å². The average Bonchev–Trinajstić information content (AvgIpc) is 2.73. The molecule has 0 aromatic heterocycles. The number of carbonyl (C=O) groups excluding carboxylic acids is 1. The Bertz CT molecular complexity index is 379. The van der Waals surface area contributed by atoms with Gasteiger partial charge in [0.15, 0.2) is 0 Å². The molecule has 6 heteroatoms. The van der Waals surface area contributed by atoms with E-state index in [-0.39, 0.29) is 15.5 Å². The van der Waals surface area contributed by atoms with E-state index in [0.29, 0.717) is 19.3 Å². The molecule has 2 aliphatic rings. The summed E-state index contributed by atoms with van der Waals surface area (Å²) in [7, 11) is 0. The second kappa shape index (κ2) is 6.03. The minimum atomic E-state index is -0.798. The average molecular weight is 492 g/mol. The van der Waals surface area contributed by atoms with Gasteiger partial charge in [0.2, 0.25) is 0 Å². The number of alkyl halides is 2. The van der Waals surface area contributed by atoms with Crippen LogP contribution in [0, 0.1) is 0 Å². The molecule has 0 aromatic rings. The normalized spacial score (nSPS) is 33.9. The van der Waals surface area contributed by atoms with Gasteiger partial charge in [0, 0.05) is 6.42 Å². The van der Waals surface area contributed by atoms with Crippen LogP contribution in [0.15, 0.2) is 0 Å². The van der Waals surface area contributed by atoms with Crippen molar-refractivity contribution in [2.75, 3.05) is 0 Å². The summed E-state index contributed by atoms with van der Waals surface area (Å²) in [5.41, 5.74) is 0. The Morgan fingerprint density at radius 2 is 1.68 bits per heavy atom. The first-order chi connectivity index (χ1) is 8.86. The summed E-state index contributed by atoms with van der Waals surface area (Å²) in [5.74, 6) is -0.933. The van der Waals surface area contributed by atoms with Crippen molar-refractivity contribution in [3.8, 4) is 0 Å². The SMILES string of the molecule is O=C(O)C1(I)CCC(OC(=O)C2(I)CCCCC2)C1. The molecule has 0 aromatic carbocycles. The molecule has 2 atom stereocenters. The Kier molecular flexibility index (Phi) is 5.01. The zero-order valence-corrected chi connectivity index (χ0v) is 15.0. The van der Waals surface area contributed by atoms with E-state index >= 15 is 0 Å². The summed E-state index contributed by atoms with van der Waals surface area (Å²) in [6.07, 6.45) is 6.55. The van der Waals surface area contributed by atoms with E-state index in [1.807, 2.05) is 22.6 Å². The molecule has 0 aliphatic heterocycles. The number of aliphatic carboxylic acids is 1. The van der Waals surface area contributed by atoms with E-state index in [1.54, 1.807) is 0 Å². The second-order valence-corrected chi connectivity index (χ2v) is 9.70. The highest BCUT2D eigenvalue weighted by atomic mass is 127. The van der Waals surface area contributed by atoms with Gasteiger partial charge in [-0.1, -0.05) is 64.4 Å². The van der Waals surface area contributed by atoms with Crippen LogP contribution in [0.25, 0.3) is 0 Å². The van der Waals surface area contributed by atoms with Crippen LogP contribution in [-0.2, 0) is 14.3 Å². The standard InChI is InChI=1S/C13H18I2O4/c14-12(5-2-1-3-6-12)11(18)19-9-4-7-13(15,8-9)10(16)17/h9H,1-8H2,(H,16,17). The fraction of sp³-hybridized carbons (Fsp3) is 0.846. The molecule has 4 nitrogen and oxygen atoms in total. The number of rotatable bonds is 3. The Morgan fingerprint density at radius 3 is 2.21 bits per heavy atom. The van der Waals surface area contributed by atoms with Crippen LogP contribution >= 0.6 is 45.2 Å². The van der Waals surface area contributed by atoms with Gasteiger partial charge in [-0.3, -0.25) is 9.59 Å². The van der Waals surface area contributed by atoms with Gasteiger partial charge in [0.05, 0.1) is 0 Å². The van der Waals surface area contributed by atoms with Crippen molar-refractivity contribution in [2.24, 2.45) is 0 Å². The highest BCUT2D eigenvalue weighted by Crippen LogP contribution is 2.42. The zero-order chi connectivity index (χ0) is 14.1. The number of hydrogen-bond donors (Lipinski definition) is 1. The molecule has 0 spiro atoms. The summed E-state index contributed by atoms with van der Waals surface area (Å²) < 4.78 is 4.45.